The number of aryl methyl sites for hydroxylation is 1. The second kappa shape index (κ2) is 6.74. The average molecular weight is 293 g/mol. The number of H-pyrrole nitrogens is 1. The summed E-state index contributed by atoms with van der Waals surface area (Å²) in [6.07, 6.45) is 5.85. The van der Waals surface area contributed by atoms with Crippen molar-refractivity contribution in [2.75, 3.05) is 5.32 Å². The Kier molecular flexibility index (Phi) is 4.98. The van der Waals surface area contributed by atoms with E-state index in [0.29, 0.717) is 18.7 Å². The molecule has 1 fully saturated rings. The summed E-state index contributed by atoms with van der Waals surface area (Å²) in [6.45, 7) is 1.99. The maximum Gasteiger partial charge on any atom is 0.310 e. The summed E-state index contributed by atoms with van der Waals surface area (Å²) in [6, 6.07) is 1.78. The van der Waals surface area contributed by atoms with E-state index in [9.17, 15) is 14.7 Å². The van der Waals surface area contributed by atoms with Gasteiger partial charge in [0.2, 0.25) is 5.91 Å². The molecule has 1 aromatic heterocycles. The van der Waals surface area contributed by atoms with Crippen LogP contribution >= 0.6 is 0 Å². The number of carbonyl (C=O) groups excluding carboxylic acids is 1. The number of amides is 1. The number of carboxylic acids is 1. The Morgan fingerprint density at radius 1 is 1.33 bits per heavy atom. The molecule has 1 aliphatic carbocycles. The topological polar surface area (TPSA) is 95.1 Å². The lowest BCUT2D eigenvalue weighted by Crippen LogP contribution is -2.35. The smallest absolute Gasteiger partial charge is 0.310 e. The number of nitrogens with zero attached hydrogens (tertiary/aromatic N) is 1. The van der Waals surface area contributed by atoms with Gasteiger partial charge in [-0.3, -0.25) is 14.7 Å². The zero-order valence-corrected chi connectivity index (χ0v) is 12.4. The van der Waals surface area contributed by atoms with E-state index in [4.69, 9.17) is 0 Å². The second-order valence-electron chi connectivity index (χ2n) is 5.86. The summed E-state index contributed by atoms with van der Waals surface area (Å²) in [5, 5.41) is 19.1. The zero-order chi connectivity index (χ0) is 15.3. The maximum absolute atomic E-state index is 12.2. The van der Waals surface area contributed by atoms with E-state index < -0.39 is 11.4 Å². The van der Waals surface area contributed by atoms with Gasteiger partial charge in [0, 0.05) is 18.2 Å². The summed E-state index contributed by atoms with van der Waals surface area (Å²) in [7, 11) is 0. The van der Waals surface area contributed by atoms with Gasteiger partial charge in [-0.15, -0.1) is 0 Å². The molecule has 1 aliphatic rings. The lowest BCUT2D eigenvalue weighted by atomic mass is 9.77. The third kappa shape index (κ3) is 3.83. The molecule has 1 aromatic rings. The van der Waals surface area contributed by atoms with Gasteiger partial charge in [0.15, 0.2) is 5.82 Å². The van der Waals surface area contributed by atoms with Crippen molar-refractivity contribution in [1.29, 1.82) is 0 Å². The predicted octanol–water partition coefficient (Wildman–Crippen LogP) is 2.73. The first kappa shape index (κ1) is 15.5. The summed E-state index contributed by atoms with van der Waals surface area (Å²) < 4.78 is 0. The van der Waals surface area contributed by atoms with Gasteiger partial charge in [-0.25, -0.2) is 0 Å². The third-order valence-corrected chi connectivity index (χ3v) is 4.29. The predicted molar refractivity (Wildman–Crippen MR) is 79.0 cm³/mol. The Morgan fingerprint density at radius 3 is 2.52 bits per heavy atom. The fraction of sp³-hybridized carbons (Fsp3) is 0.667. The van der Waals surface area contributed by atoms with Gasteiger partial charge in [0.05, 0.1) is 5.41 Å². The minimum Gasteiger partial charge on any atom is -0.481 e. The highest BCUT2D eigenvalue weighted by molar-refractivity contribution is 5.93. The Bertz CT molecular complexity index is 502. The molecule has 21 heavy (non-hydrogen) atoms. The van der Waals surface area contributed by atoms with Crippen molar-refractivity contribution in [3.8, 4) is 0 Å². The van der Waals surface area contributed by atoms with Crippen molar-refractivity contribution >= 4 is 17.7 Å². The van der Waals surface area contributed by atoms with Crippen LogP contribution in [0.15, 0.2) is 6.07 Å². The minimum absolute atomic E-state index is 0.0245. The number of anilines is 1. The monoisotopic (exact) mass is 293 g/mol. The molecule has 1 amide bonds. The van der Waals surface area contributed by atoms with Crippen molar-refractivity contribution in [3.63, 3.8) is 0 Å². The zero-order valence-electron chi connectivity index (χ0n) is 12.4. The van der Waals surface area contributed by atoms with E-state index in [0.717, 1.165) is 37.8 Å². The molecule has 0 aliphatic heterocycles. The molecule has 0 bridgehead atoms. The van der Waals surface area contributed by atoms with Crippen molar-refractivity contribution in [3.05, 3.63) is 11.8 Å². The molecule has 0 radical (unpaired) electrons. The Labute approximate surface area is 124 Å². The molecule has 0 aromatic carbocycles. The molecule has 2 rings (SSSR count). The molecule has 6 heteroatoms. The molecule has 6 nitrogen and oxygen atoms in total. The first-order chi connectivity index (χ1) is 10.1. The van der Waals surface area contributed by atoms with Crippen LogP contribution in [0.4, 0.5) is 5.82 Å². The van der Waals surface area contributed by atoms with E-state index in [-0.39, 0.29) is 12.3 Å². The van der Waals surface area contributed by atoms with Gasteiger partial charge < -0.3 is 10.4 Å². The van der Waals surface area contributed by atoms with E-state index in [1.54, 1.807) is 6.07 Å². The average Bonchev–Trinajstić information content (AvgIpc) is 2.75. The molecular weight excluding hydrogens is 270 g/mol. The van der Waals surface area contributed by atoms with Crippen molar-refractivity contribution in [2.24, 2.45) is 5.41 Å². The molecule has 116 valence electrons. The molecule has 3 N–H and O–H groups in total. The van der Waals surface area contributed by atoms with Crippen molar-refractivity contribution in [1.82, 2.24) is 10.2 Å². The van der Waals surface area contributed by atoms with Gasteiger partial charge in [-0.2, -0.15) is 5.10 Å². The number of aromatic nitrogens is 2. The number of carboxylic acid groups (broad SMARTS) is 1. The van der Waals surface area contributed by atoms with Crippen molar-refractivity contribution in [2.45, 2.75) is 58.3 Å². The van der Waals surface area contributed by atoms with Gasteiger partial charge in [0.1, 0.15) is 0 Å². The highest BCUT2D eigenvalue weighted by Crippen LogP contribution is 2.38. The number of hydrogen-bond donors (Lipinski definition) is 3. The Morgan fingerprint density at radius 2 is 2.00 bits per heavy atom. The first-order valence-electron chi connectivity index (χ1n) is 7.63. The largest absolute Gasteiger partial charge is 0.481 e. The summed E-state index contributed by atoms with van der Waals surface area (Å²) in [5.74, 6) is -0.657. The Balaban J connectivity index is 2.02. The van der Waals surface area contributed by atoms with Gasteiger partial charge in [0.25, 0.3) is 0 Å². The maximum atomic E-state index is 12.2. The number of aliphatic carboxylic acids is 1. The van der Waals surface area contributed by atoms with Crippen molar-refractivity contribution < 1.29 is 14.7 Å². The van der Waals surface area contributed by atoms with Crippen LogP contribution in [0, 0.1) is 5.41 Å². The van der Waals surface area contributed by atoms with E-state index in [2.05, 4.69) is 15.5 Å². The number of hydrogen-bond acceptors (Lipinski definition) is 3. The van der Waals surface area contributed by atoms with Gasteiger partial charge in [-0.05, 0) is 19.3 Å². The second-order valence-corrected chi connectivity index (χ2v) is 5.86. The highest BCUT2D eigenvalue weighted by atomic mass is 16.4. The standard InChI is InChI=1S/C15H23N3O3/c1-2-11-9-12(18-17-11)16-13(19)10-15(14(20)21)7-5-3-4-6-8-15/h9H,2-8,10H2,1H3,(H,20,21)(H2,16,17,18,19). The molecule has 1 saturated carbocycles. The molecule has 1 heterocycles. The van der Waals surface area contributed by atoms with Gasteiger partial charge >= 0.3 is 5.97 Å². The van der Waals surface area contributed by atoms with E-state index in [1.165, 1.54) is 0 Å². The lowest BCUT2D eigenvalue weighted by molar-refractivity contribution is -0.152. The quantitative estimate of drug-likeness (QED) is 0.727. The van der Waals surface area contributed by atoms with Crippen LogP contribution in [-0.4, -0.2) is 27.2 Å². The van der Waals surface area contributed by atoms with Crippen LogP contribution in [0.5, 0.6) is 0 Å². The van der Waals surface area contributed by atoms with Gasteiger partial charge in [-0.1, -0.05) is 32.6 Å². The van der Waals surface area contributed by atoms with E-state index >= 15 is 0 Å². The molecule has 0 saturated heterocycles. The van der Waals surface area contributed by atoms with Crippen LogP contribution in [-0.2, 0) is 16.0 Å². The number of rotatable bonds is 5. The number of aromatic amines is 1. The summed E-state index contributed by atoms with van der Waals surface area (Å²) in [4.78, 5) is 23.8. The van der Waals surface area contributed by atoms with Crippen LogP contribution in [0.1, 0.15) is 57.6 Å². The SMILES string of the molecule is CCc1cc(NC(=O)CC2(C(=O)O)CCCCCC2)n[nH]1. The minimum atomic E-state index is -0.912. The number of carbonyl (C=O) groups is 2. The highest BCUT2D eigenvalue weighted by Gasteiger charge is 2.40. The molecular formula is C15H23N3O3. The molecule has 0 spiro atoms. The van der Waals surface area contributed by atoms with Crippen LogP contribution < -0.4 is 5.32 Å². The summed E-state index contributed by atoms with van der Waals surface area (Å²) in [5.41, 5.74) is 0.0255. The lowest BCUT2D eigenvalue weighted by Gasteiger charge is -2.27. The first-order valence-corrected chi connectivity index (χ1v) is 7.63. The normalized spacial score (nSPS) is 18.0. The fourth-order valence-corrected chi connectivity index (χ4v) is 2.97. The summed E-state index contributed by atoms with van der Waals surface area (Å²) >= 11 is 0. The van der Waals surface area contributed by atoms with Crippen LogP contribution in [0.3, 0.4) is 0 Å². The van der Waals surface area contributed by atoms with E-state index in [1.807, 2.05) is 6.92 Å². The molecule has 0 unspecified atom stereocenters. The Hall–Kier alpha value is -1.85. The number of nitrogens with one attached hydrogen (secondary N) is 2. The van der Waals surface area contributed by atoms with Crippen LogP contribution in [0.25, 0.3) is 0 Å². The van der Waals surface area contributed by atoms with Crippen LogP contribution in [0.2, 0.25) is 0 Å². The fourth-order valence-electron chi connectivity index (χ4n) is 2.97. The third-order valence-electron chi connectivity index (χ3n) is 4.29. The molecule has 0 atom stereocenters.